The Balaban J connectivity index is 1.45. The Hall–Kier alpha value is -3.41. The van der Waals surface area contributed by atoms with E-state index in [0.717, 1.165) is 16.9 Å². The minimum absolute atomic E-state index is 0.106. The van der Waals surface area contributed by atoms with E-state index in [2.05, 4.69) is 10.3 Å². The number of nitrogens with one attached hydrogen (secondary N) is 1. The zero-order chi connectivity index (χ0) is 20.6. The standard InChI is InChI=1S/C23H23FN2O3/c1-16-5-7-21(17(2)12-16)28-11-9-23(27)26-14-18-6-8-22(20(24)13-18)29-19-4-3-10-25-15-19/h3-8,10,12-13,15H,9,11,14H2,1-2H3,(H,26,27). The Morgan fingerprint density at radius 2 is 1.93 bits per heavy atom. The highest BCUT2D eigenvalue weighted by atomic mass is 19.1. The molecule has 0 saturated carbocycles. The Kier molecular flexibility index (Phi) is 6.79. The number of carbonyl (C=O) groups is 1. The second-order valence-electron chi connectivity index (χ2n) is 6.70. The van der Waals surface area contributed by atoms with Crippen molar-refractivity contribution in [2.75, 3.05) is 6.61 Å². The highest BCUT2D eigenvalue weighted by molar-refractivity contribution is 5.76. The molecule has 0 aliphatic rings. The molecule has 5 nitrogen and oxygen atoms in total. The van der Waals surface area contributed by atoms with Crippen molar-refractivity contribution < 1.29 is 18.7 Å². The molecular weight excluding hydrogens is 371 g/mol. The number of benzene rings is 2. The van der Waals surface area contributed by atoms with Crippen LogP contribution in [0.15, 0.2) is 60.9 Å². The molecule has 3 aromatic rings. The topological polar surface area (TPSA) is 60.5 Å². The van der Waals surface area contributed by atoms with Crippen molar-refractivity contribution in [3.05, 3.63) is 83.4 Å². The number of hydrogen-bond donors (Lipinski definition) is 1. The van der Waals surface area contributed by atoms with Gasteiger partial charge in [-0.3, -0.25) is 9.78 Å². The van der Waals surface area contributed by atoms with E-state index in [1.807, 2.05) is 32.0 Å². The van der Waals surface area contributed by atoms with Crippen LogP contribution in [0.5, 0.6) is 17.2 Å². The number of pyridine rings is 1. The molecule has 1 N–H and O–H groups in total. The number of amides is 1. The Morgan fingerprint density at radius 1 is 1.10 bits per heavy atom. The predicted molar refractivity (Wildman–Crippen MR) is 109 cm³/mol. The summed E-state index contributed by atoms with van der Waals surface area (Å²) in [6.45, 7) is 4.50. The normalized spacial score (nSPS) is 10.4. The number of aromatic nitrogens is 1. The lowest BCUT2D eigenvalue weighted by atomic mass is 10.1. The molecule has 29 heavy (non-hydrogen) atoms. The average Bonchev–Trinajstić information content (AvgIpc) is 2.71. The number of rotatable bonds is 8. The van der Waals surface area contributed by atoms with Crippen molar-refractivity contribution >= 4 is 5.91 Å². The van der Waals surface area contributed by atoms with Gasteiger partial charge in [0.25, 0.3) is 0 Å². The molecule has 0 bridgehead atoms. The summed E-state index contributed by atoms with van der Waals surface area (Å²) >= 11 is 0. The van der Waals surface area contributed by atoms with Gasteiger partial charge >= 0.3 is 0 Å². The summed E-state index contributed by atoms with van der Waals surface area (Å²) in [6, 6.07) is 13.9. The van der Waals surface area contributed by atoms with Crippen molar-refractivity contribution in [3.8, 4) is 17.2 Å². The molecule has 3 rings (SSSR count). The van der Waals surface area contributed by atoms with Gasteiger partial charge in [-0.25, -0.2) is 4.39 Å². The summed E-state index contributed by atoms with van der Waals surface area (Å²) in [7, 11) is 0. The lowest BCUT2D eigenvalue weighted by molar-refractivity contribution is -0.121. The van der Waals surface area contributed by atoms with Gasteiger partial charge in [0.15, 0.2) is 11.6 Å². The Morgan fingerprint density at radius 3 is 2.66 bits per heavy atom. The molecule has 0 spiro atoms. The molecule has 0 aliphatic carbocycles. The fourth-order valence-corrected chi connectivity index (χ4v) is 2.78. The van der Waals surface area contributed by atoms with Crippen molar-refractivity contribution in [2.45, 2.75) is 26.8 Å². The highest BCUT2D eigenvalue weighted by Gasteiger charge is 2.08. The van der Waals surface area contributed by atoms with E-state index in [4.69, 9.17) is 9.47 Å². The van der Waals surface area contributed by atoms with Crippen LogP contribution in [-0.4, -0.2) is 17.5 Å². The zero-order valence-corrected chi connectivity index (χ0v) is 16.4. The van der Waals surface area contributed by atoms with Crippen LogP contribution in [0, 0.1) is 19.7 Å². The summed E-state index contributed by atoms with van der Waals surface area (Å²) in [4.78, 5) is 15.9. The SMILES string of the molecule is Cc1ccc(OCCC(=O)NCc2ccc(Oc3cccnc3)c(F)c2)c(C)c1. The van der Waals surface area contributed by atoms with Crippen molar-refractivity contribution in [1.29, 1.82) is 0 Å². The number of aryl methyl sites for hydroxylation is 2. The first-order valence-electron chi connectivity index (χ1n) is 9.34. The fourth-order valence-electron chi connectivity index (χ4n) is 2.78. The first-order chi connectivity index (χ1) is 14.0. The molecule has 2 aromatic carbocycles. The third-order valence-corrected chi connectivity index (χ3v) is 4.27. The summed E-state index contributed by atoms with van der Waals surface area (Å²) in [6.07, 6.45) is 3.34. The van der Waals surface area contributed by atoms with Crippen LogP contribution < -0.4 is 14.8 Å². The van der Waals surface area contributed by atoms with Gasteiger partial charge in [0.2, 0.25) is 5.91 Å². The summed E-state index contributed by atoms with van der Waals surface area (Å²) in [5.74, 6) is 0.672. The number of halogens is 1. The first kappa shape index (κ1) is 20.3. The van der Waals surface area contributed by atoms with Crippen LogP contribution in [0.2, 0.25) is 0 Å². The van der Waals surface area contributed by atoms with Crippen LogP contribution in [0.1, 0.15) is 23.1 Å². The van der Waals surface area contributed by atoms with Gasteiger partial charge in [0, 0.05) is 12.7 Å². The smallest absolute Gasteiger partial charge is 0.223 e. The maximum Gasteiger partial charge on any atom is 0.223 e. The molecular formula is C23H23FN2O3. The van der Waals surface area contributed by atoms with Gasteiger partial charge in [-0.1, -0.05) is 23.8 Å². The van der Waals surface area contributed by atoms with Crippen LogP contribution in [0.4, 0.5) is 4.39 Å². The largest absolute Gasteiger partial charge is 0.493 e. The number of carbonyl (C=O) groups excluding carboxylic acids is 1. The molecule has 1 amide bonds. The van der Waals surface area contributed by atoms with E-state index in [-0.39, 0.29) is 31.2 Å². The minimum atomic E-state index is -0.501. The lowest BCUT2D eigenvalue weighted by Crippen LogP contribution is -2.24. The summed E-state index contributed by atoms with van der Waals surface area (Å²) < 4.78 is 25.4. The van der Waals surface area contributed by atoms with Crippen LogP contribution in [-0.2, 0) is 11.3 Å². The van der Waals surface area contributed by atoms with E-state index < -0.39 is 5.82 Å². The van der Waals surface area contributed by atoms with Crippen LogP contribution in [0.25, 0.3) is 0 Å². The molecule has 0 saturated heterocycles. The van der Waals surface area contributed by atoms with Crippen LogP contribution >= 0.6 is 0 Å². The number of nitrogens with zero attached hydrogens (tertiary/aromatic N) is 1. The van der Waals surface area contributed by atoms with E-state index in [0.29, 0.717) is 11.3 Å². The molecule has 0 unspecified atom stereocenters. The third-order valence-electron chi connectivity index (χ3n) is 4.27. The van der Waals surface area contributed by atoms with E-state index in [1.165, 1.54) is 18.3 Å². The fraction of sp³-hybridized carbons (Fsp3) is 0.217. The van der Waals surface area contributed by atoms with Gasteiger partial charge in [-0.2, -0.15) is 0 Å². The molecule has 6 heteroatoms. The molecule has 0 aliphatic heterocycles. The summed E-state index contributed by atoms with van der Waals surface area (Å²) in [5.41, 5.74) is 2.84. The number of ether oxygens (including phenoxy) is 2. The molecule has 0 atom stereocenters. The van der Waals surface area contributed by atoms with E-state index >= 15 is 0 Å². The maximum atomic E-state index is 14.2. The van der Waals surface area contributed by atoms with Crippen molar-refractivity contribution in [2.24, 2.45) is 0 Å². The minimum Gasteiger partial charge on any atom is -0.493 e. The zero-order valence-electron chi connectivity index (χ0n) is 16.4. The Labute approximate surface area is 169 Å². The average molecular weight is 394 g/mol. The van der Waals surface area contributed by atoms with Gasteiger partial charge in [0.1, 0.15) is 11.5 Å². The van der Waals surface area contributed by atoms with Crippen LogP contribution in [0.3, 0.4) is 0 Å². The predicted octanol–water partition coefficient (Wildman–Crippen LogP) is 4.72. The van der Waals surface area contributed by atoms with Crippen molar-refractivity contribution in [3.63, 3.8) is 0 Å². The number of hydrogen-bond acceptors (Lipinski definition) is 4. The summed E-state index contributed by atoms with van der Waals surface area (Å²) in [5, 5.41) is 2.77. The van der Waals surface area contributed by atoms with E-state index in [9.17, 15) is 9.18 Å². The second-order valence-corrected chi connectivity index (χ2v) is 6.70. The second kappa shape index (κ2) is 9.68. The van der Waals surface area contributed by atoms with Gasteiger partial charge < -0.3 is 14.8 Å². The molecule has 0 radical (unpaired) electrons. The molecule has 1 aromatic heterocycles. The monoisotopic (exact) mass is 394 g/mol. The molecule has 1 heterocycles. The third kappa shape index (κ3) is 6.04. The van der Waals surface area contributed by atoms with Gasteiger partial charge in [0.05, 0.1) is 19.2 Å². The van der Waals surface area contributed by atoms with Crippen molar-refractivity contribution in [1.82, 2.24) is 10.3 Å². The quantitative estimate of drug-likeness (QED) is 0.601. The van der Waals surface area contributed by atoms with E-state index in [1.54, 1.807) is 24.4 Å². The molecule has 0 fully saturated rings. The van der Waals surface area contributed by atoms with Gasteiger partial charge in [-0.05, 0) is 55.3 Å². The highest BCUT2D eigenvalue weighted by Crippen LogP contribution is 2.24. The lowest BCUT2D eigenvalue weighted by Gasteiger charge is -2.11. The molecule has 150 valence electrons. The van der Waals surface area contributed by atoms with Gasteiger partial charge in [-0.15, -0.1) is 0 Å². The first-order valence-corrected chi connectivity index (χ1v) is 9.34. The Bertz CT molecular complexity index is 977. The maximum absolute atomic E-state index is 14.2.